The summed E-state index contributed by atoms with van der Waals surface area (Å²) in [4.78, 5) is 22.2. The lowest BCUT2D eigenvalue weighted by atomic mass is 9.87. The van der Waals surface area contributed by atoms with Crippen LogP contribution >= 0.6 is 0 Å². The number of carboxylic acids is 1. The van der Waals surface area contributed by atoms with Crippen molar-refractivity contribution in [3.8, 4) is 0 Å². The number of rotatable bonds is 5. The second-order valence-electron chi connectivity index (χ2n) is 5.01. The van der Waals surface area contributed by atoms with Crippen molar-refractivity contribution >= 4 is 11.9 Å². The van der Waals surface area contributed by atoms with E-state index in [0.717, 1.165) is 0 Å². The molecule has 6 atom stereocenters. The van der Waals surface area contributed by atoms with Gasteiger partial charge in [0.05, 0.1) is 12.6 Å². The number of hydrogen-bond donors (Lipinski definition) is 7. The predicted octanol–water partition coefficient (Wildman–Crippen LogP) is -3.91. The first kappa shape index (κ1) is 17.8. The number of aliphatic carboxylic acids is 1. The molecule has 0 saturated carbocycles. The Morgan fingerprint density at radius 3 is 2.48 bits per heavy atom. The van der Waals surface area contributed by atoms with E-state index in [1.807, 2.05) is 0 Å². The highest BCUT2D eigenvalue weighted by atomic mass is 16.7. The number of nitrogens with two attached hydrogens (primary N) is 1. The van der Waals surface area contributed by atoms with Gasteiger partial charge in [0.25, 0.3) is 5.79 Å². The van der Waals surface area contributed by atoms with E-state index in [1.165, 1.54) is 6.92 Å². The van der Waals surface area contributed by atoms with E-state index in [9.17, 15) is 24.9 Å². The Morgan fingerprint density at radius 2 is 2.05 bits per heavy atom. The minimum atomic E-state index is -2.66. The van der Waals surface area contributed by atoms with Crippen LogP contribution in [0.2, 0.25) is 0 Å². The molecular formula is C11H20N2O8. The molecule has 0 aliphatic carbocycles. The van der Waals surface area contributed by atoms with Crippen LogP contribution in [0, 0.1) is 0 Å². The fraction of sp³-hybridized carbons (Fsp3) is 0.818. The van der Waals surface area contributed by atoms with Gasteiger partial charge in [-0.3, -0.25) is 4.79 Å². The number of carbonyl (C=O) groups excluding carboxylic acids is 1. The molecular weight excluding hydrogens is 288 g/mol. The number of aliphatic hydroxyl groups is 4. The van der Waals surface area contributed by atoms with Crippen LogP contribution in [0.3, 0.4) is 0 Å². The molecule has 1 saturated heterocycles. The number of carboxylic acid groups (broad SMARTS) is 1. The van der Waals surface area contributed by atoms with Crippen LogP contribution < -0.4 is 11.1 Å². The topological polar surface area (TPSA) is 183 Å². The van der Waals surface area contributed by atoms with Crippen LogP contribution in [0.1, 0.15) is 13.3 Å². The largest absolute Gasteiger partial charge is 0.477 e. The van der Waals surface area contributed by atoms with Crippen molar-refractivity contribution < 1.29 is 39.9 Å². The first-order valence-corrected chi connectivity index (χ1v) is 6.25. The second-order valence-corrected chi connectivity index (χ2v) is 5.01. The number of carbonyl (C=O) groups is 2. The predicted molar refractivity (Wildman–Crippen MR) is 66.8 cm³/mol. The third-order valence-electron chi connectivity index (χ3n) is 3.28. The maximum Gasteiger partial charge on any atom is 0.364 e. The van der Waals surface area contributed by atoms with Gasteiger partial charge in [-0.25, -0.2) is 4.79 Å². The standard InChI is InChI=1S/C11H20N2O8/c1-4(15)13-7-5(12)2-11(20,10(18)19)21-9(7)8(17)6(16)3-14/h5-9,14,16-17,20H,2-3,12H2,1H3,(H,13,15)(H,18,19)/t5-,6+,7+,8+,9+,11?/m0/s1. The van der Waals surface area contributed by atoms with E-state index >= 15 is 0 Å². The summed E-state index contributed by atoms with van der Waals surface area (Å²) >= 11 is 0. The molecule has 0 spiro atoms. The van der Waals surface area contributed by atoms with E-state index in [2.05, 4.69) is 5.32 Å². The highest BCUT2D eigenvalue weighted by Gasteiger charge is 2.53. The minimum Gasteiger partial charge on any atom is -0.477 e. The molecule has 0 bridgehead atoms. The Bertz CT molecular complexity index is 406. The normalized spacial score (nSPS) is 35.8. The average Bonchev–Trinajstić information content (AvgIpc) is 2.39. The van der Waals surface area contributed by atoms with E-state index in [-0.39, 0.29) is 0 Å². The van der Waals surface area contributed by atoms with Gasteiger partial charge >= 0.3 is 5.97 Å². The van der Waals surface area contributed by atoms with E-state index in [0.29, 0.717) is 0 Å². The molecule has 122 valence electrons. The molecule has 10 nitrogen and oxygen atoms in total. The highest BCUT2D eigenvalue weighted by molar-refractivity contribution is 5.76. The van der Waals surface area contributed by atoms with Gasteiger partial charge in [0.1, 0.15) is 18.3 Å². The zero-order chi connectivity index (χ0) is 16.4. The molecule has 1 aliphatic rings. The third kappa shape index (κ3) is 3.87. The van der Waals surface area contributed by atoms with Crippen molar-refractivity contribution in [2.24, 2.45) is 5.73 Å². The second kappa shape index (κ2) is 6.64. The van der Waals surface area contributed by atoms with Crippen LogP contribution in [-0.4, -0.2) is 80.2 Å². The highest BCUT2D eigenvalue weighted by Crippen LogP contribution is 2.29. The molecule has 0 radical (unpaired) electrons. The fourth-order valence-electron chi connectivity index (χ4n) is 2.21. The van der Waals surface area contributed by atoms with Gasteiger partial charge in [-0.1, -0.05) is 0 Å². The van der Waals surface area contributed by atoms with Crippen molar-refractivity contribution in [1.82, 2.24) is 5.32 Å². The summed E-state index contributed by atoms with van der Waals surface area (Å²) < 4.78 is 4.94. The van der Waals surface area contributed by atoms with Gasteiger partial charge < -0.3 is 41.3 Å². The van der Waals surface area contributed by atoms with Gasteiger partial charge in [-0.15, -0.1) is 0 Å². The van der Waals surface area contributed by atoms with Crippen molar-refractivity contribution in [2.75, 3.05) is 6.61 Å². The van der Waals surface area contributed by atoms with Crippen LogP contribution in [0.5, 0.6) is 0 Å². The zero-order valence-corrected chi connectivity index (χ0v) is 11.3. The fourth-order valence-corrected chi connectivity index (χ4v) is 2.21. The Hall–Kier alpha value is -1.30. The van der Waals surface area contributed by atoms with Gasteiger partial charge in [0.15, 0.2) is 0 Å². The summed E-state index contributed by atoms with van der Waals surface area (Å²) in [5.74, 6) is -4.89. The Labute approximate surface area is 120 Å². The van der Waals surface area contributed by atoms with Gasteiger partial charge in [0, 0.05) is 19.4 Å². The number of hydrogen-bond acceptors (Lipinski definition) is 8. The summed E-state index contributed by atoms with van der Waals surface area (Å²) in [5.41, 5.74) is 5.74. The quantitative estimate of drug-likeness (QED) is 0.267. The molecule has 0 aromatic heterocycles. The van der Waals surface area contributed by atoms with Crippen LogP contribution in [0.25, 0.3) is 0 Å². The molecule has 1 rings (SSSR count). The summed E-state index contributed by atoms with van der Waals surface area (Å²) in [6.45, 7) is 0.352. The molecule has 0 aromatic rings. The smallest absolute Gasteiger partial charge is 0.364 e. The van der Waals surface area contributed by atoms with Crippen molar-refractivity contribution in [2.45, 2.75) is 49.5 Å². The lowest BCUT2D eigenvalue weighted by molar-refractivity contribution is -0.282. The lowest BCUT2D eigenvalue weighted by Gasteiger charge is -2.45. The molecule has 1 unspecified atom stereocenters. The first-order chi connectivity index (χ1) is 9.62. The number of amides is 1. The summed E-state index contributed by atoms with van der Waals surface area (Å²) in [6.07, 6.45) is -5.45. The number of nitrogens with one attached hydrogen (secondary N) is 1. The maximum absolute atomic E-state index is 11.2. The lowest BCUT2D eigenvalue weighted by Crippen LogP contribution is -2.69. The van der Waals surface area contributed by atoms with E-state index < -0.39 is 61.1 Å². The molecule has 1 aliphatic heterocycles. The zero-order valence-electron chi connectivity index (χ0n) is 11.3. The third-order valence-corrected chi connectivity index (χ3v) is 3.28. The van der Waals surface area contributed by atoms with Crippen LogP contribution in [-0.2, 0) is 14.3 Å². The minimum absolute atomic E-state index is 0.518. The van der Waals surface area contributed by atoms with Gasteiger partial charge in [-0.2, -0.15) is 0 Å². The summed E-state index contributed by atoms with van der Waals surface area (Å²) in [5, 5.41) is 49.4. The van der Waals surface area contributed by atoms with Crippen molar-refractivity contribution in [3.05, 3.63) is 0 Å². The maximum atomic E-state index is 11.2. The molecule has 1 amide bonds. The van der Waals surface area contributed by atoms with Crippen molar-refractivity contribution in [3.63, 3.8) is 0 Å². The SMILES string of the molecule is CC(=O)N[C@H]1[C@H]([C@H](O)[C@H](O)CO)OC(O)(C(=O)O)C[C@@H]1N. The molecule has 1 fully saturated rings. The number of aliphatic hydroxyl groups excluding tert-OH is 3. The monoisotopic (exact) mass is 308 g/mol. The van der Waals surface area contributed by atoms with E-state index in [1.54, 1.807) is 0 Å². The Balaban J connectivity index is 3.07. The average molecular weight is 308 g/mol. The Morgan fingerprint density at radius 1 is 1.48 bits per heavy atom. The molecule has 21 heavy (non-hydrogen) atoms. The van der Waals surface area contributed by atoms with Crippen LogP contribution in [0.15, 0.2) is 0 Å². The van der Waals surface area contributed by atoms with Crippen molar-refractivity contribution in [1.29, 1.82) is 0 Å². The van der Waals surface area contributed by atoms with E-state index in [4.69, 9.17) is 20.7 Å². The number of ether oxygens (including phenoxy) is 1. The summed E-state index contributed by atoms with van der Waals surface area (Å²) in [7, 11) is 0. The molecule has 0 aromatic carbocycles. The Kier molecular flexibility index (Phi) is 5.61. The van der Waals surface area contributed by atoms with Gasteiger partial charge in [0.2, 0.25) is 5.91 Å². The molecule has 10 heteroatoms. The first-order valence-electron chi connectivity index (χ1n) is 6.25. The van der Waals surface area contributed by atoms with Crippen LogP contribution in [0.4, 0.5) is 0 Å². The summed E-state index contributed by atoms with van der Waals surface area (Å²) in [6, 6.07) is -2.09. The van der Waals surface area contributed by atoms with Gasteiger partial charge in [-0.05, 0) is 0 Å². The molecule has 1 heterocycles. The molecule has 8 N–H and O–H groups in total.